The summed E-state index contributed by atoms with van der Waals surface area (Å²) in [7, 11) is 0. The second-order valence-electron chi connectivity index (χ2n) is 15.8. The van der Waals surface area contributed by atoms with Crippen molar-refractivity contribution in [1.29, 1.82) is 0 Å². The van der Waals surface area contributed by atoms with Crippen molar-refractivity contribution in [2.24, 2.45) is 0 Å². The third-order valence-corrected chi connectivity index (χ3v) is 11.5. The maximum absolute atomic E-state index is 14.6. The van der Waals surface area contributed by atoms with Gasteiger partial charge in [-0.25, -0.2) is 15.0 Å². The Morgan fingerprint density at radius 2 is 0.919 bits per heavy atom. The van der Waals surface area contributed by atoms with E-state index in [4.69, 9.17) is 15.0 Å². The number of benzene rings is 8. The fourth-order valence-electron chi connectivity index (χ4n) is 8.58. The van der Waals surface area contributed by atoms with E-state index >= 15 is 0 Å². The zero-order chi connectivity index (χ0) is 42.5. The van der Waals surface area contributed by atoms with Crippen molar-refractivity contribution in [3.8, 4) is 73.2 Å². The molecular weight excluding hydrogens is 774 g/mol. The van der Waals surface area contributed by atoms with E-state index in [0.717, 1.165) is 72.5 Å². The fourth-order valence-corrected chi connectivity index (χ4v) is 8.58. The maximum Gasteiger partial charge on any atom is 0.416 e. The van der Waals surface area contributed by atoms with E-state index in [1.807, 2.05) is 97.9 Å². The molecule has 62 heavy (non-hydrogen) atoms. The Morgan fingerprint density at radius 1 is 0.387 bits per heavy atom. The molecule has 0 bridgehead atoms. The van der Waals surface area contributed by atoms with Gasteiger partial charge in [-0.05, 0) is 91.1 Å². The molecule has 300 valence electrons. The van der Waals surface area contributed by atoms with Gasteiger partial charge in [0.05, 0.1) is 22.3 Å². The average molecular weight is 813 g/mol. The first-order valence-corrected chi connectivity index (χ1v) is 20.5. The molecule has 0 saturated carbocycles. The van der Waals surface area contributed by atoms with Crippen molar-refractivity contribution in [1.82, 2.24) is 19.5 Å². The molecule has 4 nitrogen and oxygen atoms in total. The summed E-state index contributed by atoms with van der Waals surface area (Å²) in [6.45, 7) is 6.27. The summed E-state index contributed by atoms with van der Waals surface area (Å²) in [5.74, 6) is 1.36. The monoisotopic (exact) mass is 812 g/mol. The third-order valence-electron chi connectivity index (χ3n) is 11.5. The molecule has 0 radical (unpaired) electrons. The van der Waals surface area contributed by atoms with Crippen LogP contribution in [0.3, 0.4) is 0 Å². The summed E-state index contributed by atoms with van der Waals surface area (Å²) < 4.78 is 46.1. The van der Waals surface area contributed by atoms with Gasteiger partial charge < -0.3 is 4.57 Å². The fraction of sp³-hybridized carbons (Fsp3) is 0.0727. The molecule has 0 saturated heterocycles. The summed E-state index contributed by atoms with van der Waals surface area (Å²) in [4.78, 5) is 15.1. The normalized spacial score (nSPS) is 11.7. The van der Waals surface area contributed by atoms with Crippen molar-refractivity contribution in [3.05, 3.63) is 204 Å². The number of hydrogen-bond acceptors (Lipinski definition) is 3. The highest BCUT2D eigenvalue weighted by Crippen LogP contribution is 2.45. The molecule has 0 N–H and O–H groups in total. The largest absolute Gasteiger partial charge is 0.416 e. The van der Waals surface area contributed by atoms with Gasteiger partial charge in [-0.3, -0.25) is 0 Å². The van der Waals surface area contributed by atoms with Crippen LogP contribution >= 0.6 is 0 Å². The molecule has 0 aliphatic heterocycles. The molecule has 8 aromatic carbocycles. The van der Waals surface area contributed by atoms with Crippen LogP contribution in [-0.4, -0.2) is 19.5 Å². The van der Waals surface area contributed by atoms with E-state index in [2.05, 4.69) is 85.1 Å². The first kappa shape index (κ1) is 38.6. The number of halogens is 3. The summed E-state index contributed by atoms with van der Waals surface area (Å²) in [5, 5.41) is 2.06. The van der Waals surface area contributed by atoms with Crippen LogP contribution in [0.15, 0.2) is 182 Å². The van der Waals surface area contributed by atoms with Gasteiger partial charge in [0.15, 0.2) is 17.5 Å². The van der Waals surface area contributed by atoms with Gasteiger partial charge in [0.2, 0.25) is 0 Å². The predicted molar refractivity (Wildman–Crippen MR) is 246 cm³/mol. The van der Waals surface area contributed by atoms with Crippen molar-refractivity contribution in [2.75, 3.05) is 0 Å². The Bertz CT molecular complexity index is 3260. The first-order chi connectivity index (χ1) is 30.1. The van der Waals surface area contributed by atoms with E-state index in [1.165, 1.54) is 23.3 Å². The Labute approximate surface area is 357 Å². The molecule has 10 aromatic rings. The van der Waals surface area contributed by atoms with Gasteiger partial charge in [-0.15, -0.1) is 0 Å². The Kier molecular flexibility index (Phi) is 9.60. The third kappa shape index (κ3) is 7.11. The molecule has 0 unspecified atom stereocenters. The highest BCUT2D eigenvalue weighted by Gasteiger charge is 2.31. The van der Waals surface area contributed by atoms with Gasteiger partial charge >= 0.3 is 6.18 Å². The molecular formula is C55H39F3N4. The summed E-state index contributed by atoms with van der Waals surface area (Å²) in [6.07, 6.45) is -4.56. The number of hydrogen-bond donors (Lipinski definition) is 0. The van der Waals surface area contributed by atoms with Crippen LogP contribution in [0.4, 0.5) is 13.2 Å². The SMILES string of the molecule is Cc1cccc(-c2cc(-c3nc(-c4ccccc4)nc(-c4ccccc4)n3)cc(-c3cccc(C(F)(F)F)c3)c2-n2c3ccccc3c3cc(-c4ccc(C)cc4C)ccc32)c1. The van der Waals surface area contributed by atoms with Gasteiger partial charge in [-0.2, -0.15) is 13.2 Å². The van der Waals surface area contributed by atoms with Crippen LogP contribution in [-0.2, 0) is 6.18 Å². The zero-order valence-electron chi connectivity index (χ0n) is 34.2. The van der Waals surface area contributed by atoms with E-state index < -0.39 is 11.7 Å². The van der Waals surface area contributed by atoms with Gasteiger partial charge in [0.1, 0.15) is 0 Å². The predicted octanol–water partition coefficient (Wildman–Crippen LogP) is 14.9. The Balaban J connectivity index is 1.33. The van der Waals surface area contributed by atoms with E-state index in [0.29, 0.717) is 34.2 Å². The molecule has 0 amide bonds. The molecule has 10 rings (SSSR count). The minimum atomic E-state index is -4.56. The van der Waals surface area contributed by atoms with E-state index in [9.17, 15) is 13.2 Å². The maximum atomic E-state index is 14.6. The van der Waals surface area contributed by atoms with Crippen LogP contribution in [0.5, 0.6) is 0 Å². The number of aryl methyl sites for hydroxylation is 3. The van der Waals surface area contributed by atoms with Gasteiger partial charge in [0, 0.05) is 38.6 Å². The molecule has 7 heteroatoms. The lowest BCUT2D eigenvalue weighted by atomic mass is 9.91. The van der Waals surface area contributed by atoms with Crippen molar-refractivity contribution < 1.29 is 13.2 Å². The molecule has 0 atom stereocenters. The van der Waals surface area contributed by atoms with Gasteiger partial charge in [0.25, 0.3) is 0 Å². The molecule has 2 heterocycles. The van der Waals surface area contributed by atoms with Crippen LogP contribution in [0, 0.1) is 20.8 Å². The molecule has 0 spiro atoms. The van der Waals surface area contributed by atoms with Crippen molar-refractivity contribution in [3.63, 3.8) is 0 Å². The Morgan fingerprint density at radius 3 is 1.55 bits per heavy atom. The van der Waals surface area contributed by atoms with E-state index in [-0.39, 0.29) is 0 Å². The van der Waals surface area contributed by atoms with Crippen LogP contribution in [0.1, 0.15) is 22.3 Å². The van der Waals surface area contributed by atoms with Crippen molar-refractivity contribution >= 4 is 21.8 Å². The van der Waals surface area contributed by atoms with Crippen LogP contribution in [0.25, 0.3) is 95.0 Å². The quantitative estimate of drug-likeness (QED) is 0.161. The summed E-state index contributed by atoms with van der Waals surface area (Å²) in [6, 6.07) is 58.5. The first-order valence-electron chi connectivity index (χ1n) is 20.5. The lowest BCUT2D eigenvalue weighted by Gasteiger charge is -2.22. The second-order valence-corrected chi connectivity index (χ2v) is 15.8. The summed E-state index contributed by atoms with van der Waals surface area (Å²) in [5.41, 5.74) is 12.5. The number of alkyl halides is 3. The minimum absolute atomic E-state index is 0.395. The van der Waals surface area contributed by atoms with Gasteiger partial charge in [-0.1, -0.05) is 151 Å². The van der Waals surface area contributed by atoms with Crippen LogP contribution in [0.2, 0.25) is 0 Å². The molecule has 0 aliphatic carbocycles. The number of nitrogens with zero attached hydrogens (tertiary/aromatic N) is 4. The number of aromatic nitrogens is 4. The molecule has 2 aromatic heterocycles. The number of fused-ring (bicyclic) bond motifs is 3. The average Bonchev–Trinajstić information content (AvgIpc) is 3.62. The molecule has 0 aliphatic rings. The lowest BCUT2D eigenvalue weighted by Crippen LogP contribution is -2.06. The Hall–Kier alpha value is -7.64. The highest BCUT2D eigenvalue weighted by atomic mass is 19.4. The van der Waals surface area contributed by atoms with Crippen LogP contribution < -0.4 is 0 Å². The second kappa shape index (κ2) is 15.4. The van der Waals surface area contributed by atoms with Crippen molar-refractivity contribution in [2.45, 2.75) is 26.9 Å². The highest BCUT2D eigenvalue weighted by molar-refractivity contribution is 6.12. The smallest absolute Gasteiger partial charge is 0.308 e. The zero-order valence-corrected chi connectivity index (χ0v) is 34.2. The summed E-state index contributed by atoms with van der Waals surface area (Å²) >= 11 is 0. The number of para-hydroxylation sites is 1. The minimum Gasteiger partial charge on any atom is -0.308 e. The standard InChI is InChI=1S/C55H39F3N4/c1-34-14-12-19-39(29-34)46-32-42(54-60-52(37-15-6-4-7-16-37)59-53(61-54)38-17-8-5-9-18-38)33-47(40-20-13-21-43(30-40)55(56,57)58)51(46)62-49-23-11-10-22-45(49)48-31-41(25-27-50(48)62)44-26-24-35(2)28-36(44)3/h4-33H,1-3H3. The number of rotatable bonds is 7. The lowest BCUT2D eigenvalue weighted by molar-refractivity contribution is -0.137. The topological polar surface area (TPSA) is 43.6 Å². The van der Waals surface area contributed by atoms with E-state index in [1.54, 1.807) is 6.07 Å². The molecule has 0 fully saturated rings.